The van der Waals surface area contributed by atoms with Crippen molar-refractivity contribution in [2.45, 2.75) is 64.5 Å². The smallest absolute Gasteiger partial charge is 0.364 e. The minimum absolute atomic E-state index is 0.0404. The molecular weight excluding hydrogens is 407 g/mol. The molecule has 2 heterocycles. The second-order valence-corrected chi connectivity index (χ2v) is 10.0. The van der Waals surface area contributed by atoms with Gasteiger partial charge in [0.15, 0.2) is 5.43 Å². The zero-order valence-corrected chi connectivity index (χ0v) is 17.8. The van der Waals surface area contributed by atoms with E-state index < -0.39 is 18.0 Å². The Morgan fingerprint density at radius 3 is 2.48 bits per heavy atom. The van der Waals surface area contributed by atoms with E-state index in [0.29, 0.717) is 18.4 Å². The Kier molecular flexibility index (Phi) is 5.38. The van der Waals surface area contributed by atoms with Gasteiger partial charge in [-0.15, -0.1) is 0 Å². The van der Waals surface area contributed by atoms with Crippen LogP contribution in [0.5, 0.6) is 0 Å². The number of halogens is 3. The maximum atomic E-state index is 13.1. The number of aromatic nitrogens is 2. The van der Waals surface area contributed by atoms with Gasteiger partial charge in [-0.1, -0.05) is 13.8 Å². The summed E-state index contributed by atoms with van der Waals surface area (Å²) in [6.45, 7) is 4.35. The van der Waals surface area contributed by atoms with Gasteiger partial charge in [-0.25, -0.2) is 0 Å². The normalized spacial score (nSPS) is 28.7. The van der Waals surface area contributed by atoms with Crippen molar-refractivity contribution in [1.29, 1.82) is 0 Å². The molecule has 0 saturated heterocycles. The number of primary amides is 1. The summed E-state index contributed by atoms with van der Waals surface area (Å²) in [6.07, 6.45) is 0.586. The molecule has 2 saturated carbocycles. The lowest BCUT2D eigenvalue weighted by atomic mass is 9.71. The first-order valence-electron chi connectivity index (χ1n) is 10.8. The molecule has 2 aromatic heterocycles. The number of carbonyl (C=O) groups is 1. The van der Waals surface area contributed by atoms with Crippen molar-refractivity contribution in [3.05, 3.63) is 39.9 Å². The molecule has 2 atom stereocenters. The van der Waals surface area contributed by atoms with E-state index in [0.717, 1.165) is 18.5 Å². The Balaban J connectivity index is 1.67. The highest BCUT2D eigenvalue weighted by Crippen LogP contribution is 2.55. The Bertz CT molecular complexity index is 1050. The summed E-state index contributed by atoms with van der Waals surface area (Å²) in [6, 6.07) is 3.17. The van der Waals surface area contributed by atoms with E-state index in [2.05, 4.69) is 23.8 Å². The average molecular weight is 435 g/mol. The third kappa shape index (κ3) is 4.21. The number of hydrogen-bond acceptors (Lipinski definition) is 3. The average Bonchev–Trinajstić information content (AvgIpc) is 3.02. The van der Waals surface area contributed by atoms with E-state index in [1.807, 2.05) is 0 Å². The maximum absolute atomic E-state index is 13.1. The van der Waals surface area contributed by atoms with Crippen LogP contribution in [0.15, 0.2) is 23.1 Å². The topological polar surface area (TPSA) is 88.8 Å². The van der Waals surface area contributed by atoms with Gasteiger partial charge in [0.05, 0.1) is 16.8 Å². The van der Waals surface area contributed by atoms with Crippen LogP contribution in [0.4, 0.5) is 13.2 Å². The molecule has 2 aliphatic rings. The summed E-state index contributed by atoms with van der Waals surface area (Å²) in [5.74, 6) is -1.47. The van der Waals surface area contributed by atoms with E-state index >= 15 is 0 Å². The number of nitrogens with one attached hydrogen (secondary N) is 1. The number of fused-ring (bicyclic) bond motifs is 1. The van der Waals surface area contributed by atoms with Crippen LogP contribution in [-0.4, -0.2) is 22.1 Å². The minimum Gasteiger partial charge on any atom is -0.364 e. The van der Waals surface area contributed by atoms with Crippen molar-refractivity contribution in [2.24, 2.45) is 28.9 Å². The molecule has 0 radical (unpaired) electrons. The van der Waals surface area contributed by atoms with E-state index in [4.69, 9.17) is 5.73 Å². The van der Waals surface area contributed by atoms with Gasteiger partial charge >= 0.3 is 6.18 Å². The summed E-state index contributed by atoms with van der Waals surface area (Å²) >= 11 is 0. The lowest BCUT2D eigenvalue weighted by Gasteiger charge is -2.35. The standard InChI is InChI=1S/C23H28F3N3O2/c1-22(2)10-14(12-3-5-13(6-4-12)23(24,25)26)15(11-22)17-9-18(30)19-16(29-17)7-8-28-20(19)21(27)31/h7-9,12-15H,3-6,10-11H2,1-2H3,(H2,27,31)(H,29,30)/t12?,13?,14?,15-/m1/s1. The Hall–Kier alpha value is -2.38. The van der Waals surface area contributed by atoms with Gasteiger partial charge in [-0.05, 0) is 61.8 Å². The summed E-state index contributed by atoms with van der Waals surface area (Å²) in [7, 11) is 0. The molecule has 4 rings (SSSR count). The molecule has 0 aromatic carbocycles. The molecular formula is C23H28F3N3O2. The number of hydrogen-bond donors (Lipinski definition) is 2. The Morgan fingerprint density at radius 2 is 1.87 bits per heavy atom. The summed E-state index contributed by atoms with van der Waals surface area (Å²) < 4.78 is 39.3. The van der Waals surface area contributed by atoms with Crippen LogP contribution in [0, 0.1) is 23.2 Å². The van der Waals surface area contributed by atoms with Crippen molar-refractivity contribution in [3.63, 3.8) is 0 Å². The number of amides is 1. The molecule has 2 aromatic rings. The number of pyridine rings is 2. The Labute approximate surface area is 178 Å². The van der Waals surface area contributed by atoms with Gasteiger partial charge in [-0.3, -0.25) is 14.6 Å². The molecule has 0 aliphatic heterocycles. The molecule has 1 amide bonds. The first-order chi connectivity index (χ1) is 14.5. The highest BCUT2D eigenvalue weighted by molar-refractivity contribution is 6.03. The van der Waals surface area contributed by atoms with Crippen LogP contribution in [0.1, 0.15) is 74.5 Å². The summed E-state index contributed by atoms with van der Waals surface area (Å²) in [5, 5.41) is 0.179. The monoisotopic (exact) mass is 435 g/mol. The molecule has 0 bridgehead atoms. The van der Waals surface area contributed by atoms with E-state index in [1.54, 1.807) is 6.07 Å². The lowest BCUT2D eigenvalue weighted by molar-refractivity contribution is -0.185. The van der Waals surface area contributed by atoms with Gasteiger partial charge in [0, 0.05) is 23.9 Å². The molecule has 2 aliphatic carbocycles. The van der Waals surface area contributed by atoms with Crippen molar-refractivity contribution < 1.29 is 18.0 Å². The van der Waals surface area contributed by atoms with Gasteiger partial charge in [0.25, 0.3) is 5.91 Å². The van der Waals surface area contributed by atoms with Crippen molar-refractivity contribution >= 4 is 16.8 Å². The van der Waals surface area contributed by atoms with Crippen molar-refractivity contribution in [3.8, 4) is 0 Å². The first kappa shape index (κ1) is 21.8. The fourth-order valence-corrected chi connectivity index (χ4v) is 5.93. The number of rotatable bonds is 3. The van der Waals surface area contributed by atoms with Gasteiger partial charge in [0.1, 0.15) is 5.69 Å². The highest BCUT2D eigenvalue weighted by Gasteiger charge is 2.47. The third-order valence-corrected chi connectivity index (χ3v) is 7.31. The second kappa shape index (κ2) is 7.64. The molecule has 8 heteroatoms. The number of alkyl halides is 3. The molecule has 2 fully saturated rings. The van der Waals surface area contributed by atoms with Crippen LogP contribution < -0.4 is 11.2 Å². The predicted molar refractivity (Wildman–Crippen MR) is 112 cm³/mol. The number of aromatic amines is 1. The third-order valence-electron chi connectivity index (χ3n) is 7.31. The van der Waals surface area contributed by atoms with Crippen LogP contribution in [0.2, 0.25) is 0 Å². The van der Waals surface area contributed by atoms with Crippen molar-refractivity contribution in [2.75, 3.05) is 0 Å². The fourth-order valence-electron chi connectivity index (χ4n) is 5.93. The van der Waals surface area contributed by atoms with Gasteiger partial charge in [-0.2, -0.15) is 13.2 Å². The largest absolute Gasteiger partial charge is 0.391 e. The predicted octanol–water partition coefficient (Wildman–Crippen LogP) is 4.91. The SMILES string of the molecule is CC1(C)CC(C2CCC(C(F)(F)F)CC2)[C@H](c2cc(=O)c3c(C(N)=O)nccc3[nH]2)C1. The summed E-state index contributed by atoms with van der Waals surface area (Å²) in [4.78, 5) is 31.8. The van der Waals surface area contributed by atoms with Crippen LogP contribution in [0.25, 0.3) is 10.9 Å². The zero-order chi connectivity index (χ0) is 22.6. The van der Waals surface area contributed by atoms with Gasteiger partial charge < -0.3 is 10.7 Å². The quantitative estimate of drug-likeness (QED) is 0.718. The molecule has 1 unspecified atom stereocenters. The van der Waals surface area contributed by atoms with E-state index in [1.165, 1.54) is 12.3 Å². The van der Waals surface area contributed by atoms with Crippen LogP contribution in [-0.2, 0) is 0 Å². The number of carbonyl (C=O) groups excluding carboxylic acids is 1. The number of H-pyrrole nitrogens is 1. The van der Waals surface area contributed by atoms with Gasteiger partial charge in [0.2, 0.25) is 0 Å². The number of nitrogens with two attached hydrogens (primary N) is 1. The fraction of sp³-hybridized carbons (Fsp3) is 0.609. The van der Waals surface area contributed by atoms with Crippen LogP contribution >= 0.6 is 0 Å². The zero-order valence-electron chi connectivity index (χ0n) is 17.8. The molecule has 5 nitrogen and oxygen atoms in total. The minimum atomic E-state index is -4.12. The molecule has 168 valence electrons. The highest BCUT2D eigenvalue weighted by atomic mass is 19.4. The molecule has 31 heavy (non-hydrogen) atoms. The lowest BCUT2D eigenvalue weighted by Crippen LogP contribution is -2.31. The first-order valence-corrected chi connectivity index (χ1v) is 10.8. The number of nitrogens with zero attached hydrogens (tertiary/aromatic N) is 1. The van der Waals surface area contributed by atoms with E-state index in [9.17, 15) is 22.8 Å². The van der Waals surface area contributed by atoms with E-state index in [-0.39, 0.29) is 52.5 Å². The second-order valence-electron chi connectivity index (χ2n) is 10.0. The van der Waals surface area contributed by atoms with Crippen LogP contribution in [0.3, 0.4) is 0 Å². The van der Waals surface area contributed by atoms with Crippen molar-refractivity contribution in [1.82, 2.24) is 9.97 Å². The molecule has 3 N–H and O–H groups in total. The maximum Gasteiger partial charge on any atom is 0.391 e. The Morgan fingerprint density at radius 1 is 1.19 bits per heavy atom. The molecule has 0 spiro atoms. The summed E-state index contributed by atoms with van der Waals surface area (Å²) in [5.41, 5.74) is 6.34.